The van der Waals surface area contributed by atoms with Gasteiger partial charge < -0.3 is 20.1 Å². The van der Waals surface area contributed by atoms with Crippen molar-refractivity contribution in [1.82, 2.24) is 4.57 Å². The van der Waals surface area contributed by atoms with Crippen molar-refractivity contribution < 1.29 is 19.0 Å². The molecule has 1 spiro atoms. The summed E-state index contributed by atoms with van der Waals surface area (Å²) < 4.78 is 22.5. The second kappa shape index (κ2) is 6.89. The molecule has 4 rings (SSSR count). The highest BCUT2D eigenvalue weighted by Crippen LogP contribution is 2.54. The van der Waals surface area contributed by atoms with E-state index in [1.165, 1.54) is 4.57 Å². The van der Waals surface area contributed by atoms with Crippen LogP contribution < -0.4 is 11.3 Å². The Labute approximate surface area is 175 Å². The number of halogens is 1. The molecule has 0 bridgehead atoms. The molecule has 1 aromatic heterocycles. The number of pyridine rings is 1. The molecule has 162 valence electrons. The lowest BCUT2D eigenvalue weighted by Gasteiger charge is -2.37. The molecule has 3 N–H and O–H groups in total. The number of esters is 1. The summed E-state index contributed by atoms with van der Waals surface area (Å²) >= 11 is 0. The highest BCUT2D eigenvalue weighted by atomic mass is 19.1. The minimum Gasteiger partial charge on any atom is -0.458 e. The van der Waals surface area contributed by atoms with Crippen molar-refractivity contribution in [3.63, 3.8) is 0 Å². The molecule has 3 aliphatic rings. The van der Waals surface area contributed by atoms with Gasteiger partial charge in [-0.2, -0.15) is 0 Å². The largest absolute Gasteiger partial charge is 0.458 e. The van der Waals surface area contributed by atoms with Gasteiger partial charge in [-0.1, -0.05) is 20.4 Å². The van der Waals surface area contributed by atoms with Gasteiger partial charge in [-0.15, -0.1) is 0 Å². The zero-order valence-electron chi connectivity index (χ0n) is 17.8. The van der Waals surface area contributed by atoms with E-state index in [9.17, 15) is 14.7 Å². The van der Waals surface area contributed by atoms with Gasteiger partial charge in [0.2, 0.25) is 0 Å². The molecule has 0 fully saturated rings. The number of fused-ring (bicyclic) bond motifs is 2. The quantitative estimate of drug-likeness (QED) is 0.686. The number of cyclic esters (lactones) is 1. The molecule has 0 saturated heterocycles. The maximum Gasteiger partial charge on any atom is 0.343 e. The van der Waals surface area contributed by atoms with Crippen molar-refractivity contribution in [2.75, 3.05) is 0 Å². The van der Waals surface area contributed by atoms with Crippen molar-refractivity contribution in [1.29, 1.82) is 0 Å². The first-order valence-electron chi connectivity index (χ1n) is 10.5. The first kappa shape index (κ1) is 21.0. The van der Waals surface area contributed by atoms with Crippen LogP contribution in [0.15, 0.2) is 34.4 Å². The molecule has 2 unspecified atom stereocenters. The molecule has 4 atom stereocenters. The van der Waals surface area contributed by atoms with E-state index in [1.807, 2.05) is 0 Å². The van der Waals surface area contributed by atoms with Crippen LogP contribution in [0.1, 0.15) is 69.3 Å². The molecule has 1 aromatic rings. The normalized spacial score (nSPS) is 36.2. The van der Waals surface area contributed by atoms with E-state index in [0.29, 0.717) is 17.7 Å². The Morgan fingerprint density at radius 1 is 1.43 bits per heavy atom. The molecule has 3 heterocycles. The standard InChI is InChI=1S/C23H29FN2O4/c1-5-23(29)16-8-17-19(25)22(9-12(2)6-7-13(3)14(4)18(22)24)11-26(17)20(27)15(16)10-30-21(23)28/h8,12,19,29H,3,5-7,9-11,25H2,1-2,4H3/b18-14+/t12-,19?,22?,23-/m0/s1. The van der Waals surface area contributed by atoms with Gasteiger partial charge in [-0.3, -0.25) is 4.79 Å². The van der Waals surface area contributed by atoms with E-state index in [0.717, 1.165) is 18.4 Å². The number of carbonyl (C=O) groups is 1. The van der Waals surface area contributed by atoms with E-state index >= 15 is 4.39 Å². The zero-order valence-corrected chi connectivity index (χ0v) is 17.8. The number of aliphatic hydroxyl groups is 1. The maximum atomic E-state index is 15.9. The predicted octanol–water partition coefficient (Wildman–Crippen LogP) is 3.12. The Morgan fingerprint density at radius 2 is 2.13 bits per heavy atom. The van der Waals surface area contributed by atoms with Crippen LogP contribution in [0.4, 0.5) is 4.39 Å². The van der Waals surface area contributed by atoms with Crippen LogP contribution in [0, 0.1) is 11.3 Å². The summed E-state index contributed by atoms with van der Waals surface area (Å²) in [5.74, 6) is -0.893. The Kier molecular flexibility index (Phi) is 4.82. The van der Waals surface area contributed by atoms with Gasteiger partial charge >= 0.3 is 5.97 Å². The van der Waals surface area contributed by atoms with Gasteiger partial charge in [0.05, 0.1) is 17.0 Å². The molecule has 0 aromatic carbocycles. The zero-order chi connectivity index (χ0) is 22.0. The number of nitrogens with zero attached hydrogens (tertiary/aromatic N) is 1. The van der Waals surface area contributed by atoms with E-state index in [4.69, 9.17) is 10.5 Å². The highest BCUT2D eigenvalue weighted by Gasteiger charge is 2.53. The Morgan fingerprint density at radius 3 is 2.80 bits per heavy atom. The lowest BCUT2D eigenvalue weighted by Crippen LogP contribution is -2.44. The first-order chi connectivity index (χ1) is 14.1. The summed E-state index contributed by atoms with van der Waals surface area (Å²) in [5.41, 5.74) is 5.48. The average Bonchev–Trinajstić information content (AvgIpc) is 3.01. The summed E-state index contributed by atoms with van der Waals surface area (Å²) in [6.45, 7) is 9.39. The summed E-state index contributed by atoms with van der Waals surface area (Å²) in [7, 11) is 0. The van der Waals surface area contributed by atoms with Gasteiger partial charge in [0.25, 0.3) is 5.56 Å². The Balaban J connectivity index is 1.94. The van der Waals surface area contributed by atoms with Crippen LogP contribution in [0.25, 0.3) is 0 Å². The van der Waals surface area contributed by atoms with Crippen molar-refractivity contribution in [3.05, 3.63) is 56.8 Å². The molecule has 7 heteroatoms. The SMILES string of the molecule is C=C1CC[C@H](C)CC2(Cn3c(cc4c(c3=O)COC(=O)[C@]4(O)CC)C2N)/C(F)=C\1C. The summed E-state index contributed by atoms with van der Waals surface area (Å²) in [6.07, 6.45) is 2.17. The number of ether oxygens (including phenoxy) is 1. The third-order valence-corrected chi connectivity index (χ3v) is 7.38. The summed E-state index contributed by atoms with van der Waals surface area (Å²) in [6, 6.07) is 0.832. The van der Waals surface area contributed by atoms with E-state index in [2.05, 4.69) is 13.5 Å². The van der Waals surface area contributed by atoms with Gasteiger partial charge in [-0.25, -0.2) is 9.18 Å². The smallest absolute Gasteiger partial charge is 0.343 e. The number of rotatable bonds is 1. The van der Waals surface area contributed by atoms with Gasteiger partial charge in [-0.05, 0) is 55.7 Å². The van der Waals surface area contributed by atoms with Gasteiger partial charge in [0, 0.05) is 17.8 Å². The molecule has 6 nitrogen and oxygen atoms in total. The molecular formula is C23H29FN2O4. The second-order valence-electron chi connectivity index (χ2n) is 9.17. The first-order valence-corrected chi connectivity index (χ1v) is 10.5. The van der Waals surface area contributed by atoms with Gasteiger partial charge in [0.1, 0.15) is 12.4 Å². The van der Waals surface area contributed by atoms with Crippen molar-refractivity contribution in [2.24, 2.45) is 17.1 Å². The highest BCUT2D eigenvalue weighted by molar-refractivity contribution is 5.83. The minimum atomic E-state index is -1.90. The van der Waals surface area contributed by atoms with Crippen molar-refractivity contribution in [2.45, 2.75) is 71.2 Å². The average molecular weight is 416 g/mol. The third-order valence-electron chi connectivity index (χ3n) is 7.38. The third kappa shape index (κ3) is 2.68. The topological polar surface area (TPSA) is 94.5 Å². The Bertz CT molecular complexity index is 1040. The molecule has 30 heavy (non-hydrogen) atoms. The lowest BCUT2D eigenvalue weighted by molar-refractivity contribution is -0.172. The lowest BCUT2D eigenvalue weighted by atomic mass is 9.69. The number of aromatic nitrogens is 1. The second-order valence-corrected chi connectivity index (χ2v) is 9.17. The molecule has 2 aliphatic heterocycles. The van der Waals surface area contributed by atoms with E-state index < -0.39 is 23.0 Å². The van der Waals surface area contributed by atoms with Crippen LogP contribution in [-0.2, 0) is 28.3 Å². The summed E-state index contributed by atoms with van der Waals surface area (Å²) in [4.78, 5) is 25.6. The van der Waals surface area contributed by atoms with Crippen molar-refractivity contribution in [3.8, 4) is 0 Å². The van der Waals surface area contributed by atoms with Crippen LogP contribution in [-0.4, -0.2) is 15.6 Å². The number of carbonyl (C=O) groups excluding carboxylic acids is 1. The van der Waals surface area contributed by atoms with E-state index in [1.54, 1.807) is 19.9 Å². The number of hydrogen-bond acceptors (Lipinski definition) is 5. The fraction of sp³-hybridized carbons (Fsp3) is 0.565. The number of allylic oxidation sites excluding steroid dienone is 2. The fourth-order valence-corrected chi connectivity index (χ4v) is 5.35. The molecule has 1 aliphatic carbocycles. The summed E-state index contributed by atoms with van der Waals surface area (Å²) in [5, 5.41) is 10.9. The predicted molar refractivity (Wildman–Crippen MR) is 110 cm³/mol. The number of nitrogens with two attached hydrogens (primary N) is 1. The molecule has 0 amide bonds. The minimum absolute atomic E-state index is 0.0618. The molecular weight excluding hydrogens is 387 g/mol. The van der Waals surface area contributed by atoms with Crippen LogP contribution in [0.2, 0.25) is 0 Å². The molecule has 0 radical (unpaired) electrons. The fourth-order valence-electron chi connectivity index (χ4n) is 5.35. The van der Waals surface area contributed by atoms with Crippen LogP contribution in [0.5, 0.6) is 0 Å². The monoisotopic (exact) mass is 416 g/mol. The maximum absolute atomic E-state index is 15.9. The van der Waals surface area contributed by atoms with Crippen LogP contribution in [0.3, 0.4) is 0 Å². The van der Waals surface area contributed by atoms with E-state index in [-0.39, 0.29) is 48.0 Å². The Hall–Kier alpha value is -2.25. The van der Waals surface area contributed by atoms with Crippen molar-refractivity contribution >= 4 is 5.97 Å². The number of hydrogen-bond donors (Lipinski definition) is 2. The van der Waals surface area contributed by atoms with Crippen LogP contribution >= 0.6 is 0 Å². The molecule has 0 saturated carbocycles. The van der Waals surface area contributed by atoms with Gasteiger partial charge in [0.15, 0.2) is 5.60 Å².